The molecule has 0 fully saturated rings. The van der Waals surface area contributed by atoms with Gasteiger partial charge in [0.25, 0.3) is 0 Å². The lowest BCUT2D eigenvalue weighted by Gasteiger charge is -2.10. The average molecular weight is 211 g/mol. The van der Waals surface area contributed by atoms with E-state index < -0.39 is 10.8 Å². The first-order chi connectivity index (χ1) is 6.65. The highest BCUT2D eigenvalue weighted by Gasteiger charge is 2.11. The Morgan fingerprint density at radius 3 is 2.79 bits per heavy atom. The van der Waals surface area contributed by atoms with Crippen molar-refractivity contribution in [3.63, 3.8) is 0 Å². The first kappa shape index (κ1) is 11.2. The van der Waals surface area contributed by atoms with Crippen molar-refractivity contribution in [2.24, 2.45) is 0 Å². The minimum Gasteiger partial charge on any atom is -0.399 e. The van der Waals surface area contributed by atoms with Gasteiger partial charge in [-0.2, -0.15) is 0 Å². The molecule has 2 N–H and O–H groups in total. The number of rotatable bonds is 4. The Bertz CT molecular complexity index is 325. The van der Waals surface area contributed by atoms with E-state index in [0.717, 1.165) is 17.7 Å². The molecular formula is C11H17NOS. The van der Waals surface area contributed by atoms with Gasteiger partial charge in [-0.1, -0.05) is 26.3 Å². The Hall–Kier alpha value is -0.830. The lowest BCUT2D eigenvalue weighted by molar-refractivity contribution is 0.662. The molecule has 0 heterocycles. The number of benzene rings is 1. The quantitative estimate of drug-likeness (QED) is 0.778. The van der Waals surface area contributed by atoms with Crippen LogP contribution in [0.5, 0.6) is 0 Å². The molecule has 0 amide bonds. The zero-order valence-corrected chi connectivity index (χ0v) is 9.51. The van der Waals surface area contributed by atoms with Crippen molar-refractivity contribution in [1.82, 2.24) is 0 Å². The summed E-state index contributed by atoms with van der Waals surface area (Å²) >= 11 is 0. The van der Waals surface area contributed by atoms with Crippen LogP contribution in [0.3, 0.4) is 0 Å². The lowest BCUT2D eigenvalue weighted by atomic mass is 10.3. The molecule has 0 saturated heterocycles. The maximum atomic E-state index is 11.9. The summed E-state index contributed by atoms with van der Waals surface area (Å²) in [4.78, 5) is 0.839. The number of nitrogens with two attached hydrogens (primary N) is 1. The number of anilines is 1. The smallest absolute Gasteiger partial charge is 0.0558 e. The molecule has 0 saturated carbocycles. The van der Waals surface area contributed by atoms with E-state index in [1.165, 1.54) is 0 Å². The van der Waals surface area contributed by atoms with Crippen LogP contribution in [-0.2, 0) is 10.8 Å². The summed E-state index contributed by atoms with van der Waals surface area (Å²) < 4.78 is 11.9. The normalized spacial score (nSPS) is 15.0. The molecule has 0 radical (unpaired) electrons. The van der Waals surface area contributed by atoms with E-state index in [2.05, 4.69) is 6.92 Å². The summed E-state index contributed by atoms with van der Waals surface area (Å²) in [6.07, 6.45) is 2.05. The van der Waals surface area contributed by atoms with E-state index in [0.29, 0.717) is 5.69 Å². The van der Waals surface area contributed by atoms with Gasteiger partial charge in [-0.15, -0.1) is 0 Å². The van der Waals surface area contributed by atoms with Gasteiger partial charge in [-0.25, -0.2) is 0 Å². The molecule has 78 valence electrons. The number of hydrogen-bond acceptors (Lipinski definition) is 2. The van der Waals surface area contributed by atoms with E-state index in [4.69, 9.17) is 5.73 Å². The summed E-state index contributed by atoms with van der Waals surface area (Å²) in [6, 6.07) is 7.33. The predicted molar refractivity (Wildman–Crippen MR) is 61.6 cm³/mol. The Kier molecular flexibility index (Phi) is 4.14. The van der Waals surface area contributed by atoms with Gasteiger partial charge in [-0.05, 0) is 24.6 Å². The van der Waals surface area contributed by atoms with Crippen molar-refractivity contribution in [2.45, 2.75) is 36.8 Å². The van der Waals surface area contributed by atoms with Crippen LogP contribution in [0.15, 0.2) is 29.2 Å². The van der Waals surface area contributed by atoms with Gasteiger partial charge in [0.05, 0.1) is 10.8 Å². The van der Waals surface area contributed by atoms with Gasteiger partial charge in [0.2, 0.25) is 0 Å². The Morgan fingerprint density at radius 1 is 1.50 bits per heavy atom. The Balaban J connectivity index is 2.78. The third-order valence-electron chi connectivity index (χ3n) is 2.15. The van der Waals surface area contributed by atoms with Gasteiger partial charge >= 0.3 is 0 Å². The molecule has 2 nitrogen and oxygen atoms in total. The molecule has 0 bridgehead atoms. The molecule has 3 heteroatoms. The molecule has 14 heavy (non-hydrogen) atoms. The average Bonchev–Trinajstić information content (AvgIpc) is 2.17. The maximum absolute atomic E-state index is 11.9. The first-order valence-corrected chi connectivity index (χ1v) is 6.12. The molecule has 1 aromatic rings. The van der Waals surface area contributed by atoms with Crippen LogP contribution in [0.2, 0.25) is 0 Å². The monoisotopic (exact) mass is 211 g/mol. The van der Waals surface area contributed by atoms with Gasteiger partial charge in [0.1, 0.15) is 0 Å². The van der Waals surface area contributed by atoms with Crippen molar-refractivity contribution in [2.75, 3.05) is 5.73 Å². The van der Waals surface area contributed by atoms with Crippen LogP contribution in [0, 0.1) is 0 Å². The highest BCUT2D eigenvalue weighted by atomic mass is 32.2. The molecule has 1 rings (SSSR count). The zero-order chi connectivity index (χ0) is 10.6. The second kappa shape index (κ2) is 5.15. The highest BCUT2D eigenvalue weighted by Crippen LogP contribution is 2.16. The van der Waals surface area contributed by atoms with E-state index in [9.17, 15) is 4.21 Å². The second-order valence-corrected chi connectivity index (χ2v) is 5.34. The molecule has 0 spiro atoms. The van der Waals surface area contributed by atoms with Crippen molar-refractivity contribution in [3.8, 4) is 0 Å². The first-order valence-electron chi connectivity index (χ1n) is 4.91. The third kappa shape index (κ3) is 2.84. The zero-order valence-electron chi connectivity index (χ0n) is 8.69. The topological polar surface area (TPSA) is 43.1 Å². The van der Waals surface area contributed by atoms with Crippen LogP contribution in [0.1, 0.15) is 26.7 Å². The standard InChI is InChI=1S/C11H17NOS/c1-3-5-9(2)14(13)11-7-4-6-10(12)8-11/h4,6-9H,3,5,12H2,1-2H3. The van der Waals surface area contributed by atoms with Crippen LogP contribution in [0.4, 0.5) is 5.69 Å². The van der Waals surface area contributed by atoms with Crippen molar-refractivity contribution >= 4 is 16.5 Å². The minimum atomic E-state index is -0.918. The number of hydrogen-bond donors (Lipinski definition) is 1. The van der Waals surface area contributed by atoms with Gasteiger partial charge < -0.3 is 5.73 Å². The third-order valence-corrected chi connectivity index (χ3v) is 3.84. The molecule has 0 aliphatic heterocycles. The van der Waals surface area contributed by atoms with Crippen LogP contribution in [-0.4, -0.2) is 9.46 Å². The fraction of sp³-hybridized carbons (Fsp3) is 0.455. The van der Waals surface area contributed by atoms with E-state index in [-0.39, 0.29) is 5.25 Å². The van der Waals surface area contributed by atoms with E-state index in [1.54, 1.807) is 6.07 Å². The molecular weight excluding hydrogens is 194 g/mol. The molecule has 0 aliphatic rings. The lowest BCUT2D eigenvalue weighted by Crippen LogP contribution is -2.10. The van der Waals surface area contributed by atoms with Crippen molar-refractivity contribution < 1.29 is 4.21 Å². The van der Waals surface area contributed by atoms with Crippen LogP contribution in [0.25, 0.3) is 0 Å². The largest absolute Gasteiger partial charge is 0.399 e. The molecule has 0 aliphatic carbocycles. The Labute approximate surface area is 88.0 Å². The molecule has 2 unspecified atom stereocenters. The minimum absolute atomic E-state index is 0.210. The SMILES string of the molecule is CCCC(C)S(=O)c1cccc(N)c1. The summed E-state index contributed by atoms with van der Waals surface area (Å²) in [7, 11) is -0.918. The fourth-order valence-electron chi connectivity index (χ4n) is 1.39. The summed E-state index contributed by atoms with van der Waals surface area (Å²) in [5.41, 5.74) is 6.32. The fourth-order valence-corrected chi connectivity index (χ4v) is 2.76. The van der Waals surface area contributed by atoms with Crippen molar-refractivity contribution in [1.29, 1.82) is 0 Å². The number of nitrogen functional groups attached to an aromatic ring is 1. The second-order valence-electron chi connectivity index (χ2n) is 3.47. The highest BCUT2D eigenvalue weighted by molar-refractivity contribution is 7.85. The van der Waals surface area contributed by atoms with Crippen LogP contribution < -0.4 is 5.73 Å². The summed E-state index contributed by atoms with van der Waals surface area (Å²) in [6.45, 7) is 4.12. The van der Waals surface area contributed by atoms with Crippen LogP contribution >= 0.6 is 0 Å². The Morgan fingerprint density at radius 2 is 2.21 bits per heavy atom. The van der Waals surface area contributed by atoms with Crippen molar-refractivity contribution in [3.05, 3.63) is 24.3 Å². The van der Waals surface area contributed by atoms with Gasteiger partial charge in [0.15, 0.2) is 0 Å². The summed E-state index contributed by atoms with van der Waals surface area (Å²) in [5, 5.41) is 0.210. The van der Waals surface area contributed by atoms with E-state index in [1.807, 2.05) is 25.1 Å². The maximum Gasteiger partial charge on any atom is 0.0558 e. The summed E-state index contributed by atoms with van der Waals surface area (Å²) in [5.74, 6) is 0. The van der Waals surface area contributed by atoms with Gasteiger partial charge in [-0.3, -0.25) is 4.21 Å². The predicted octanol–water partition coefficient (Wildman–Crippen LogP) is 2.56. The molecule has 1 aromatic carbocycles. The molecule has 2 atom stereocenters. The van der Waals surface area contributed by atoms with E-state index >= 15 is 0 Å². The molecule has 0 aromatic heterocycles. The van der Waals surface area contributed by atoms with Gasteiger partial charge in [0, 0.05) is 15.8 Å².